The number of nitrogens with zero attached hydrogens (tertiary/aromatic N) is 1. The van der Waals surface area contributed by atoms with E-state index in [1.54, 1.807) is 19.1 Å². The summed E-state index contributed by atoms with van der Waals surface area (Å²) in [5, 5.41) is 0. The molecule has 0 saturated carbocycles. The van der Waals surface area contributed by atoms with Gasteiger partial charge in [0.2, 0.25) is 0 Å². The lowest BCUT2D eigenvalue weighted by atomic mass is 10.0. The Hall–Kier alpha value is -2.94. The number of ether oxygens (including phenoxy) is 4. The van der Waals surface area contributed by atoms with E-state index in [0.717, 1.165) is 0 Å². The zero-order chi connectivity index (χ0) is 20.5. The van der Waals surface area contributed by atoms with Gasteiger partial charge in [0.05, 0.1) is 25.3 Å². The van der Waals surface area contributed by atoms with Crippen LogP contribution in [0.4, 0.5) is 5.69 Å². The zero-order valence-electron chi connectivity index (χ0n) is 15.9. The number of benzene rings is 1. The Morgan fingerprint density at radius 1 is 1.11 bits per heavy atom. The predicted molar refractivity (Wildman–Crippen MR) is 97.3 cm³/mol. The van der Waals surface area contributed by atoms with Crippen molar-refractivity contribution in [2.75, 3.05) is 45.0 Å². The number of hydrogen-bond donors (Lipinski definition) is 0. The van der Waals surface area contributed by atoms with Crippen molar-refractivity contribution in [2.45, 2.75) is 19.8 Å². The van der Waals surface area contributed by atoms with Gasteiger partial charge in [0.1, 0.15) is 18.9 Å². The third kappa shape index (κ3) is 5.78. The van der Waals surface area contributed by atoms with Crippen LogP contribution in [0.5, 0.6) is 5.75 Å². The number of ketones is 1. The van der Waals surface area contributed by atoms with Gasteiger partial charge < -0.3 is 18.9 Å². The molecule has 0 N–H and O–H groups in total. The Morgan fingerprint density at radius 3 is 2.61 bits per heavy atom. The SMILES string of the molecule is CCOC(=O)CCC(=O)c1ccc2c(c1)N(CC(=O)OCCOC)C(=O)CO2. The number of methoxy groups -OCH3 is 1. The molecule has 0 aromatic heterocycles. The number of anilines is 1. The van der Waals surface area contributed by atoms with E-state index in [-0.39, 0.29) is 51.6 Å². The molecule has 1 aromatic rings. The molecule has 152 valence electrons. The lowest BCUT2D eigenvalue weighted by Crippen LogP contribution is -2.42. The molecule has 1 amide bonds. The number of hydrogen-bond acceptors (Lipinski definition) is 8. The average molecular weight is 393 g/mol. The average Bonchev–Trinajstić information content (AvgIpc) is 2.68. The van der Waals surface area contributed by atoms with E-state index < -0.39 is 17.8 Å². The van der Waals surface area contributed by atoms with Crippen molar-refractivity contribution >= 4 is 29.3 Å². The third-order valence-corrected chi connectivity index (χ3v) is 3.92. The first kappa shape index (κ1) is 21.4. The number of carbonyl (C=O) groups is 4. The highest BCUT2D eigenvalue weighted by atomic mass is 16.6. The third-order valence-electron chi connectivity index (χ3n) is 3.92. The Kier molecular flexibility index (Phi) is 7.94. The Balaban J connectivity index is 2.10. The summed E-state index contributed by atoms with van der Waals surface area (Å²) in [5.74, 6) is -1.37. The van der Waals surface area contributed by atoms with Crippen molar-refractivity contribution in [1.82, 2.24) is 0 Å². The van der Waals surface area contributed by atoms with E-state index in [1.165, 1.54) is 18.1 Å². The predicted octanol–water partition coefficient (Wildman–Crippen LogP) is 1.13. The zero-order valence-corrected chi connectivity index (χ0v) is 15.9. The fraction of sp³-hybridized carbons (Fsp3) is 0.474. The standard InChI is InChI=1S/C19H23NO8/c1-3-26-18(23)7-5-15(21)13-4-6-16-14(10-13)20(17(22)12-28-16)11-19(24)27-9-8-25-2/h4,6,10H,3,5,7-9,11-12H2,1-2H3. The van der Waals surface area contributed by atoms with Crippen LogP contribution in [0.1, 0.15) is 30.1 Å². The van der Waals surface area contributed by atoms with Crippen LogP contribution in [-0.4, -0.2) is 63.7 Å². The van der Waals surface area contributed by atoms with Crippen LogP contribution in [0.15, 0.2) is 18.2 Å². The fourth-order valence-electron chi connectivity index (χ4n) is 2.56. The molecule has 1 aliphatic rings. The molecule has 1 aliphatic heterocycles. The smallest absolute Gasteiger partial charge is 0.326 e. The molecule has 9 nitrogen and oxygen atoms in total. The minimum absolute atomic E-state index is 0.0223. The summed E-state index contributed by atoms with van der Waals surface area (Å²) in [6.45, 7) is 1.75. The number of rotatable bonds is 10. The molecular formula is C19H23NO8. The van der Waals surface area contributed by atoms with Crippen LogP contribution in [-0.2, 0) is 28.6 Å². The highest BCUT2D eigenvalue weighted by Crippen LogP contribution is 2.33. The fourth-order valence-corrected chi connectivity index (χ4v) is 2.56. The molecule has 0 bridgehead atoms. The number of Topliss-reactive ketones (excluding diaryl/α,β-unsaturated/α-hetero) is 1. The lowest BCUT2D eigenvalue weighted by molar-refractivity contribution is -0.144. The van der Waals surface area contributed by atoms with E-state index in [4.69, 9.17) is 18.9 Å². The van der Waals surface area contributed by atoms with Gasteiger partial charge in [-0.25, -0.2) is 0 Å². The quantitative estimate of drug-likeness (QED) is 0.331. The van der Waals surface area contributed by atoms with Crippen molar-refractivity contribution in [1.29, 1.82) is 0 Å². The Morgan fingerprint density at radius 2 is 1.89 bits per heavy atom. The van der Waals surface area contributed by atoms with Crippen molar-refractivity contribution in [3.05, 3.63) is 23.8 Å². The van der Waals surface area contributed by atoms with Gasteiger partial charge in [-0.05, 0) is 25.1 Å². The second-order valence-electron chi connectivity index (χ2n) is 5.89. The summed E-state index contributed by atoms with van der Waals surface area (Å²) in [5.41, 5.74) is 0.612. The van der Waals surface area contributed by atoms with E-state index in [0.29, 0.717) is 17.0 Å². The molecule has 0 spiro atoms. The largest absolute Gasteiger partial charge is 0.482 e. The maximum Gasteiger partial charge on any atom is 0.326 e. The summed E-state index contributed by atoms with van der Waals surface area (Å²) < 4.78 is 20.0. The van der Waals surface area contributed by atoms with Gasteiger partial charge in [-0.1, -0.05) is 0 Å². The molecule has 1 heterocycles. The van der Waals surface area contributed by atoms with Gasteiger partial charge in [0.25, 0.3) is 5.91 Å². The van der Waals surface area contributed by atoms with Crippen molar-refractivity contribution in [2.24, 2.45) is 0 Å². The molecule has 0 unspecified atom stereocenters. The van der Waals surface area contributed by atoms with Crippen molar-refractivity contribution in [3.8, 4) is 5.75 Å². The molecule has 0 aliphatic carbocycles. The summed E-state index contributed by atoms with van der Waals surface area (Å²) in [4.78, 5) is 49.2. The first-order chi connectivity index (χ1) is 13.5. The first-order valence-electron chi connectivity index (χ1n) is 8.86. The van der Waals surface area contributed by atoms with Gasteiger partial charge >= 0.3 is 11.9 Å². The van der Waals surface area contributed by atoms with Crippen LogP contribution in [0.25, 0.3) is 0 Å². The summed E-state index contributed by atoms with van der Waals surface area (Å²) >= 11 is 0. The molecule has 28 heavy (non-hydrogen) atoms. The Bertz CT molecular complexity index is 745. The summed E-state index contributed by atoms with van der Waals surface area (Å²) in [7, 11) is 1.48. The molecular weight excluding hydrogens is 370 g/mol. The van der Waals surface area contributed by atoms with E-state index in [9.17, 15) is 19.2 Å². The molecule has 0 radical (unpaired) electrons. The molecule has 0 atom stereocenters. The second-order valence-corrected chi connectivity index (χ2v) is 5.89. The first-order valence-corrected chi connectivity index (χ1v) is 8.86. The van der Waals surface area contributed by atoms with E-state index in [2.05, 4.69) is 0 Å². The van der Waals surface area contributed by atoms with Gasteiger partial charge in [-0.3, -0.25) is 24.1 Å². The minimum Gasteiger partial charge on any atom is -0.482 e. The molecule has 0 fully saturated rings. The normalized spacial score (nSPS) is 12.8. The molecule has 2 rings (SSSR count). The summed E-state index contributed by atoms with van der Waals surface area (Å²) in [6.07, 6.45) is -0.0553. The second kappa shape index (κ2) is 10.4. The van der Waals surface area contributed by atoms with Crippen LogP contribution in [0, 0.1) is 0 Å². The highest BCUT2D eigenvalue weighted by molar-refractivity contribution is 6.04. The number of esters is 2. The maximum atomic E-state index is 12.4. The molecule has 9 heteroatoms. The van der Waals surface area contributed by atoms with Crippen molar-refractivity contribution < 1.29 is 38.1 Å². The minimum atomic E-state index is -0.600. The van der Waals surface area contributed by atoms with Gasteiger partial charge in [-0.2, -0.15) is 0 Å². The van der Waals surface area contributed by atoms with Crippen LogP contribution in [0.2, 0.25) is 0 Å². The molecule has 1 aromatic carbocycles. The number of amides is 1. The topological polar surface area (TPSA) is 108 Å². The number of fused-ring (bicyclic) bond motifs is 1. The lowest BCUT2D eigenvalue weighted by Gasteiger charge is -2.29. The van der Waals surface area contributed by atoms with Crippen molar-refractivity contribution in [3.63, 3.8) is 0 Å². The van der Waals surface area contributed by atoms with Gasteiger partial charge in [0, 0.05) is 19.1 Å². The highest BCUT2D eigenvalue weighted by Gasteiger charge is 2.28. The monoisotopic (exact) mass is 393 g/mol. The number of carbonyl (C=O) groups excluding carboxylic acids is 4. The Labute approximate surface area is 162 Å². The van der Waals surface area contributed by atoms with Crippen LogP contribution >= 0.6 is 0 Å². The maximum absolute atomic E-state index is 12.4. The van der Waals surface area contributed by atoms with Crippen LogP contribution < -0.4 is 9.64 Å². The summed E-state index contributed by atoms with van der Waals surface area (Å²) in [6, 6.07) is 4.59. The van der Waals surface area contributed by atoms with Gasteiger partial charge in [0.15, 0.2) is 12.4 Å². The molecule has 0 saturated heterocycles. The van der Waals surface area contributed by atoms with Gasteiger partial charge in [-0.15, -0.1) is 0 Å². The van der Waals surface area contributed by atoms with E-state index in [1.807, 2.05) is 0 Å². The van der Waals surface area contributed by atoms with E-state index >= 15 is 0 Å². The van der Waals surface area contributed by atoms with Crippen LogP contribution in [0.3, 0.4) is 0 Å².